The third-order valence-corrected chi connectivity index (χ3v) is 5.22. The molecule has 0 amide bonds. The molecule has 18 heavy (non-hydrogen) atoms. The molecule has 1 nitrogen and oxygen atoms in total. The Kier molecular flexibility index (Phi) is 4.67. The van der Waals surface area contributed by atoms with Gasteiger partial charge in [-0.1, -0.05) is 26.0 Å². The summed E-state index contributed by atoms with van der Waals surface area (Å²) in [6.07, 6.45) is 0. The summed E-state index contributed by atoms with van der Waals surface area (Å²) in [4.78, 5) is 1.41. The molecule has 1 atom stereocenters. The van der Waals surface area contributed by atoms with Gasteiger partial charge in [-0.2, -0.15) is 0 Å². The van der Waals surface area contributed by atoms with E-state index in [4.69, 9.17) is 0 Å². The number of thiophene rings is 1. The quantitative estimate of drug-likeness (QED) is 0.703. The molecule has 3 heteroatoms. The first kappa shape index (κ1) is 13.9. The van der Waals surface area contributed by atoms with Crippen molar-refractivity contribution in [2.24, 2.45) is 5.92 Å². The van der Waals surface area contributed by atoms with E-state index in [1.165, 1.54) is 19.7 Å². The summed E-state index contributed by atoms with van der Waals surface area (Å²) in [7, 11) is 0. The smallest absolute Gasteiger partial charge is 0.0629 e. The van der Waals surface area contributed by atoms with E-state index in [1.807, 2.05) is 11.3 Å². The van der Waals surface area contributed by atoms with E-state index in [-0.39, 0.29) is 0 Å². The standard InChI is InChI=1S/C15H18INS/c1-10(2)15(14-8-5-9-18-14)17-13-7-4-6-12(16)11(13)3/h4-10,15,17H,1-3H3. The number of benzene rings is 1. The summed E-state index contributed by atoms with van der Waals surface area (Å²) in [5.74, 6) is 0.570. The van der Waals surface area contributed by atoms with Gasteiger partial charge in [0.05, 0.1) is 6.04 Å². The van der Waals surface area contributed by atoms with E-state index in [0.29, 0.717) is 12.0 Å². The molecule has 96 valence electrons. The maximum atomic E-state index is 3.70. The van der Waals surface area contributed by atoms with Crippen molar-refractivity contribution in [3.8, 4) is 0 Å². The predicted molar refractivity (Wildman–Crippen MR) is 89.4 cm³/mol. The maximum absolute atomic E-state index is 3.70. The lowest BCUT2D eigenvalue weighted by Crippen LogP contribution is -2.16. The summed E-state index contributed by atoms with van der Waals surface area (Å²) >= 11 is 4.21. The zero-order valence-electron chi connectivity index (χ0n) is 10.9. The number of halogens is 1. The SMILES string of the molecule is Cc1c(I)cccc1NC(c1cccs1)C(C)C. The Morgan fingerprint density at radius 2 is 1.94 bits per heavy atom. The minimum absolute atomic E-state index is 0.391. The first-order chi connectivity index (χ1) is 8.59. The van der Waals surface area contributed by atoms with Crippen LogP contribution in [0.4, 0.5) is 5.69 Å². The van der Waals surface area contributed by atoms with Gasteiger partial charge in [-0.25, -0.2) is 0 Å². The Bertz CT molecular complexity index is 505. The summed E-state index contributed by atoms with van der Waals surface area (Å²) in [5, 5.41) is 5.84. The second kappa shape index (κ2) is 6.06. The van der Waals surface area contributed by atoms with Gasteiger partial charge in [0.15, 0.2) is 0 Å². The highest BCUT2D eigenvalue weighted by atomic mass is 127. The van der Waals surface area contributed by atoms with Crippen LogP contribution < -0.4 is 5.32 Å². The summed E-state index contributed by atoms with van der Waals surface area (Å²) in [5.41, 5.74) is 2.58. The highest BCUT2D eigenvalue weighted by Crippen LogP contribution is 2.31. The second-order valence-electron chi connectivity index (χ2n) is 4.79. The van der Waals surface area contributed by atoms with Gasteiger partial charge in [0.25, 0.3) is 0 Å². The van der Waals surface area contributed by atoms with Crippen LogP contribution in [0.2, 0.25) is 0 Å². The summed E-state index contributed by atoms with van der Waals surface area (Å²) < 4.78 is 1.31. The van der Waals surface area contributed by atoms with E-state index >= 15 is 0 Å². The molecule has 0 spiro atoms. The predicted octanol–water partition coefficient (Wildman–Crippen LogP) is 5.47. The highest BCUT2D eigenvalue weighted by Gasteiger charge is 2.17. The molecular weight excluding hydrogens is 353 g/mol. The van der Waals surface area contributed by atoms with E-state index in [0.717, 1.165) is 0 Å². The van der Waals surface area contributed by atoms with Crippen LogP contribution in [-0.2, 0) is 0 Å². The van der Waals surface area contributed by atoms with E-state index in [1.54, 1.807) is 0 Å². The summed E-state index contributed by atoms with van der Waals surface area (Å²) in [6, 6.07) is 11.2. The molecule has 0 aliphatic carbocycles. The van der Waals surface area contributed by atoms with E-state index in [2.05, 4.69) is 84.4 Å². The van der Waals surface area contributed by atoms with Crippen LogP contribution in [-0.4, -0.2) is 0 Å². The van der Waals surface area contributed by atoms with Crippen LogP contribution in [0.1, 0.15) is 30.3 Å². The second-order valence-corrected chi connectivity index (χ2v) is 6.94. The van der Waals surface area contributed by atoms with Crippen molar-refractivity contribution >= 4 is 39.6 Å². The molecule has 1 aromatic carbocycles. The molecule has 1 N–H and O–H groups in total. The van der Waals surface area contributed by atoms with Crippen molar-refractivity contribution in [3.63, 3.8) is 0 Å². The molecule has 0 bridgehead atoms. The third kappa shape index (κ3) is 3.06. The van der Waals surface area contributed by atoms with E-state index in [9.17, 15) is 0 Å². The topological polar surface area (TPSA) is 12.0 Å². The Labute approximate surface area is 127 Å². The van der Waals surface area contributed by atoms with Gasteiger partial charge in [0.2, 0.25) is 0 Å². The van der Waals surface area contributed by atoms with Crippen LogP contribution in [0, 0.1) is 16.4 Å². The summed E-state index contributed by atoms with van der Waals surface area (Å²) in [6.45, 7) is 6.71. The highest BCUT2D eigenvalue weighted by molar-refractivity contribution is 14.1. The normalized spacial score (nSPS) is 12.7. The minimum Gasteiger partial charge on any atom is -0.377 e. The van der Waals surface area contributed by atoms with Gasteiger partial charge in [-0.15, -0.1) is 11.3 Å². The third-order valence-electron chi connectivity index (χ3n) is 3.10. The lowest BCUT2D eigenvalue weighted by Gasteiger charge is -2.24. The van der Waals surface area contributed by atoms with Crippen LogP contribution in [0.5, 0.6) is 0 Å². The molecule has 0 aliphatic rings. The number of anilines is 1. The molecule has 2 aromatic rings. The molecule has 0 saturated carbocycles. The molecule has 1 unspecified atom stereocenters. The number of rotatable bonds is 4. The fourth-order valence-electron chi connectivity index (χ4n) is 1.97. The number of nitrogens with one attached hydrogen (secondary N) is 1. The average Bonchev–Trinajstić information content (AvgIpc) is 2.84. The zero-order chi connectivity index (χ0) is 13.1. The van der Waals surface area contributed by atoms with Gasteiger partial charge in [-0.05, 0) is 64.6 Å². The van der Waals surface area contributed by atoms with Crippen molar-refractivity contribution in [1.82, 2.24) is 0 Å². The lowest BCUT2D eigenvalue weighted by atomic mass is 10.0. The van der Waals surface area contributed by atoms with Crippen LogP contribution in [0.3, 0.4) is 0 Å². The van der Waals surface area contributed by atoms with Crippen molar-refractivity contribution in [1.29, 1.82) is 0 Å². The van der Waals surface area contributed by atoms with Gasteiger partial charge in [0.1, 0.15) is 0 Å². The van der Waals surface area contributed by atoms with Crippen molar-refractivity contribution in [2.45, 2.75) is 26.8 Å². The van der Waals surface area contributed by atoms with Gasteiger partial charge >= 0.3 is 0 Å². The Balaban J connectivity index is 2.27. The van der Waals surface area contributed by atoms with Crippen molar-refractivity contribution < 1.29 is 0 Å². The van der Waals surface area contributed by atoms with Gasteiger partial charge in [0, 0.05) is 14.1 Å². The van der Waals surface area contributed by atoms with E-state index < -0.39 is 0 Å². The maximum Gasteiger partial charge on any atom is 0.0629 e. The van der Waals surface area contributed by atoms with Crippen LogP contribution in [0.15, 0.2) is 35.7 Å². The zero-order valence-corrected chi connectivity index (χ0v) is 13.9. The van der Waals surface area contributed by atoms with Gasteiger partial charge in [-0.3, -0.25) is 0 Å². The van der Waals surface area contributed by atoms with Gasteiger partial charge < -0.3 is 5.32 Å². The Morgan fingerprint density at radius 1 is 1.17 bits per heavy atom. The first-order valence-corrected chi connectivity index (χ1v) is 8.10. The van der Waals surface area contributed by atoms with Crippen LogP contribution in [0.25, 0.3) is 0 Å². The number of hydrogen-bond acceptors (Lipinski definition) is 2. The molecule has 1 aromatic heterocycles. The monoisotopic (exact) mass is 371 g/mol. The Morgan fingerprint density at radius 3 is 2.56 bits per heavy atom. The molecule has 0 aliphatic heterocycles. The van der Waals surface area contributed by atoms with Crippen LogP contribution >= 0.6 is 33.9 Å². The molecule has 1 heterocycles. The Hall–Kier alpha value is -0.550. The molecule has 0 radical (unpaired) electrons. The fraction of sp³-hybridized carbons (Fsp3) is 0.333. The lowest BCUT2D eigenvalue weighted by molar-refractivity contribution is 0.553. The largest absolute Gasteiger partial charge is 0.377 e. The average molecular weight is 371 g/mol. The molecule has 0 saturated heterocycles. The van der Waals surface area contributed by atoms with Crippen molar-refractivity contribution in [3.05, 3.63) is 49.7 Å². The van der Waals surface area contributed by atoms with Crippen molar-refractivity contribution in [2.75, 3.05) is 5.32 Å². The minimum atomic E-state index is 0.391. The number of hydrogen-bond donors (Lipinski definition) is 1. The first-order valence-electron chi connectivity index (χ1n) is 6.14. The molecule has 2 rings (SSSR count). The fourth-order valence-corrected chi connectivity index (χ4v) is 3.41. The molecule has 0 fully saturated rings. The molecular formula is C15H18INS.